The Kier molecular flexibility index (Phi) is 5.34. The molecule has 4 rings (SSSR count). The van der Waals surface area contributed by atoms with Crippen LogP contribution in [0.2, 0.25) is 0 Å². The van der Waals surface area contributed by atoms with Gasteiger partial charge in [0.2, 0.25) is 0 Å². The van der Waals surface area contributed by atoms with E-state index in [0.717, 1.165) is 26.2 Å². The molecule has 2 nitrogen and oxygen atoms in total. The molecule has 0 aromatic heterocycles. The molecule has 0 spiro atoms. The molecule has 1 fully saturated rings. The minimum atomic E-state index is -0.288. The van der Waals surface area contributed by atoms with Crippen LogP contribution < -0.4 is 5.32 Å². The Morgan fingerprint density at radius 2 is 0.964 bits per heavy atom. The van der Waals surface area contributed by atoms with Crippen molar-refractivity contribution in [1.82, 2.24) is 10.2 Å². The Morgan fingerprint density at radius 3 is 1.32 bits per heavy atom. The average molecular weight is 371 g/mol. The van der Waals surface area contributed by atoms with Crippen molar-refractivity contribution in [3.05, 3.63) is 106 Å². The summed E-state index contributed by atoms with van der Waals surface area (Å²) in [5, 5.41) is 3.54. The van der Waals surface area contributed by atoms with Crippen molar-refractivity contribution in [3.63, 3.8) is 0 Å². The monoisotopic (exact) mass is 370 g/mol. The molecular weight excluding hydrogens is 340 g/mol. The predicted molar refractivity (Wildman–Crippen MR) is 118 cm³/mol. The number of hydrogen-bond donors (Lipinski definition) is 1. The first-order valence-corrected chi connectivity index (χ1v) is 10.3. The van der Waals surface area contributed by atoms with Crippen LogP contribution in [0.25, 0.3) is 0 Å². The van der Waals surface area contributed by atoms with Crippen LogP contribution in [0, 0.1) is 20.8 Å². The highest BCUT2D eigenvalue weighted by Gasteiger charge is 2.44. The Labute approximate surface area is 169 Å². The second-order valence-electron chi connectivity index (χ2n) is 7.89. The number of hydrogen-bond acceptors (Lipinski definition) is 2. The van der Waals surface area contributed by atoms with Crippen LogP contribution in [0.1, 0.15) is 33.4 Å². The number of nitrogens with one attached hydrogen (secondary N) is 1. The van der Waals surface area contributed by atoms with E-state index in [0.29, 0.717) is 0 Å². The zero-order valence-electron chi connectivity index (χ0n) is 17.2. The fraction of sp³-hybridized carbons (Fsp3) is 0.308. The standard InChI is InChI=1S/C26H30N2/c1-20-10-4-7-13-23(20)26(28-18-16-27-17-19-28,24-14-8-5-11-21(24)2)25-15-9-6-12-22(25)3/h4-15,27H,16-19H2,1-3H3. The molecule has 0 saturated carbocycles. The van der Waals surface area contributed by atoms with E-state index in [4.69, 9.17) is 0 Å². The fourth-order valence-electron chi connectivity index (χ4n) is 4.88. The minimum Gasteiger partial charge on any atom is -0.314 e. The second kappa shape index (κ2) is 7.90. The van der Waals surface area contributed by atoms with E-state index in [1.807, 2.05) is 0 Å². The van der Waals surface area contributed by atoms with Crippen molar-refractivity contribution >= 4 is 0 Å². The van der Waals surface area contributed by atoms with E-state index in [1.165, 1.54) is 33.4 Å². The molecule has 1 aliphatic heterocycles. The van der Waals surface area contributed by atoms with Crippen LogP contribution >= 0.6 is 0 Å². The summed E-state index contributed by atoms with van der Waals surface area (Å²) in [4.78, 5) is 2.69. The van der Waals surface area contributed by atoms with Crippen LogP contribution in [0.15, 0.2) is 72.8 Å². The smallest absolute Gasteiger partial charge is 0.0981 e. The van der Waals surface area contributed by atoms with E-state index in [2.05, 4.69) is 104 Å². The van der Waals surface area contributed by atoms with Gasteiger partial charge in [0.05, 0.1) is 5.54 Å². The van der Waals surface area contributed by atoms with E-state index < -0.39 is 0 Å². The molecule has 1 N–H and O–H groups in total. The first-order valence-electron chi connectivity index (χ1n) is 10.3. The molecule has 144 valence electrons. The molecular formula is C26H30N2. The number of benzene rings is 3. The number of aryl methyl sites for hydroxylation is 3. The molecule has 0 amide bonds. The highest BCUT2D eigenvalue weighted by atomic mass is 15.2. The van der Waals surface area contributed by atoms with Crippen molar-refractivity contribution in [2.24, 2.45) is 0 Å². The van der Waals surface area contributed by atoms with Gasteiger partial charge in [0, 0.05) is 26.2 Å². The normalized spacial score (nSPS) is 15.5. The summed E-state index contributed by atoms with van der Waals surface area (Å²) in [6.45, 7) is 10.8. The Balaban J connectivity index is 2.13. The van der Waals surface area contributed by atoms with E-state index in [9.17, 15) is 0 Å². The lowest BCUT2D eigenvalue weighted by molar-refractivity contribution is 0.135. The van der Waals surface area contributed by atoms with E-state index >= 15 is 0 Å². The molecule has 1 aliphatic rings. The number of piperazine rings is 1. The first-order chi connectivity index (χ1) is 13.7. The molecule has 2 heteroatoms. The Hall–Kier alpha value is -2.42. The number of nitrogens with zero attached hydrogens (tertiary/aromatic N) is 1. The molecule has 0 radical (unpaired) electrons. The third kappa shape index (κ3) is 3.07. The topological polar surface area (TPSA) is 15.3 Å². The van der Waals surface area contributed by atoms with Crippen molar-refractivity contribution in [3.8, 4) is 0 Å². The third-order valence-electron chi connectivity index (χ3n) is 6.20. The maximum absolute atomic E-state index is 3.54. The quantitative estimate of drug-likeness (QED) is 0.663. The van der Waals surface area contributed by atoms with Crippen molar-refractivity contribution in [2.45, 2.75) is 26.3 Å². The van der Waals surface area contributed by atoms with E-state index in [1.54, 1.807) is 0 Å². The zero-order chi connectivity index (χ0) is 19.6. The SMILES string of the molecule is Cc1ccccc1C(c1ccccc1C)(c1ccccc1C)N1CCNCC1. The maximum Gasteiger partial charge on any atom is 0.0981 e. The van der Waals surface area contributed by atoms with Gasteiger partial charge in [-0.25, -0.2) is 0 Å². The molecule has 0 unspecified atom stereocenters. The molecule has 0 atom stereocenters. The van der Waals surface area contributed by atoms with Gasteiger partial charge in [-0.05, 0) is 54.2 Å². The first kappa shape index (κ1) is 18.9. The molecule has 0 bridgehead atoms. The van der Waals surface area contributed by atoms with Gasteiger partial charge in [-0.1, -0.05) is 72.8 Å². The number of rotatable bonds is 4. The molecule has 3 aromatic rings. The van der Waals surface area contributed by atoms with Crippen molar-refractivity contribution in [2.75, 3.05) is 26.2 Å². The highest BCUT2D eigenvalue weighted by molar-refractivity contribution is 5.56. The van der Waals surface area contributed by atoms with Gasteiger partial charge in [-0.2, -0.15) is 0 Å². The highest BCUT2D eigenvalue weighted by Crippen LogP contribution is 2.46. The predicted octanol–water partition coefficient (Wildman–Crippen LogP) is 4.81. The lowest BCUT2D eigenvalue weighted by atomic mass is 9.71. The van der Waals surface area contributed by atoms with Crippen LogP contribution in [0.3, 0.4) is 0 Å². The van der Waals surface area contributed by atoms with Crippen LogP contribution in [-0.2, 0) is 5.54 Å². The minimum absolute atomic E-state index is 0.288. The summed E-state index contributed by atoms with van der Waals surface area (Å²) in [6, 6.07) is 26.8. The summed E-state index contributed by atoms with van der Waals surface area (Å²) < 4.78 is 0. The van der Waals surface area contributed by atoms with Gasteiger partial charge in [0.1, 0.15) is 0 Å². The summed E-state index contributed by atoms with van der Waals surface area (Å²) in [5.74, 6) is 0. The van der Waals surface area contributed by atoms with Crippen molar-refractivity contribution in [1.29, 1.82) is 0 Å². The van der Waals surface area contributed by atoms with Crippen LogP contribution in [-0.4, -0.2) is 31.1 Å². The average Bonchev–Trinajstić information content (AvgIpc) is 2.73. The summed E-state index contributed by atoms with van der Waals surface area (Å²) in [6.07, 6.45) is 0. The van der Waals surface area contributed by atoms with E-state index in [-0.39, 0.29) is 5.54 Å². The second-order valence-corrected chi connectivity index (χ2v) is 7.89. The lowest BCUT2D eigenvalue weighted by Crippen LogP contribution is -2.56. The summed E-state index contributed by atoms with van der Waals surface area (Å²) in [5.41, 5.74) is 7.90. The molecule has 28 heavy (non-hydrogen) atoms. The Bertz CT molecular complexity index is 843. The van der Waals surface area contributed by atoms with Gasteiger partial charge in [0.25, 0.3) is 0 Å². The Morgan fingerprint density at radius 1 is 0.607 bits per heavy atom. The van der Waals surface area contributed by atoms with Crippen molar-refractivity contribution < 1.29 is 0 Å². The summed E-state index contributed by atoms with van der Waals surface area (Å²) in [7, 11) is 0. The third-order valence-corrected chi connectivity index (χ3v) is 6.20. The molecule has 3 aromatic carbocycles. The van der Waals surface area contributed by atoms with Crippen LogP contribution in [0.4, 0.5) is 0 Å². The van der Waals surface area contributed by atoms with Gasteiger partial charge in [-0.15, -0.1) is 0 Å². The van der Waals surface area contributed by atoms with Gasteiger partial charge in [-0.3, -0.25) is 4.90 Å². The van der Waals surface area contributed by atoms with Gasteiger partial charge < -0.3 is 5.32 Å². The van der Waals surface area contributed by atoms with Gasteiger partial charge in [0.15, 0.2) is 0 Å². The zero-order valence-corrected chi connectivity index (χ0v) is 17.2. The van der Waals surface area contributed by atoms with Gasteiger partial charge >= 0.3 is 0 Å². The molecule has 0 aliphatic carbocycles. The summed E-state index contributed by atoms with van der Waals surface area (Å²) >= 11 is 0. The molecule has 1 heterocycles. The van der Waals surface area contributed by atoms with Crippen LogP contribution in [0.5, 0.6) is 0 Å². The largest absolute Gasteiger partial charge is 0.314 e. The lowest BCUT2D eigenvalue weighted by Gasteiger charge is -2.49. The maximum atomic E-state index is 3.54. The fourth-order valence-corrected chi connectivity index (χ4v) is 4.88. The molecule has 1 saturated heterocycles.